The average molecular weight is 469 g/mol. The van der Waals surface area contributed by atoms with E-state index < -0.39 is 17.6 Å². The summed E-state index contributed by atoms with van der Waals surface area (Å²) >= 11 is 1.44. The number of rotatable bonds is 6. The van der Waals surface area contributed by atoms with E-state index in [9.17, 15) is 18.0 Å². The Morgan fingerprint density at radius 2 is 1.73 bits per heavy atom. The van der Waals surface area contributed by atoms with Crippen molar-refractivity contribution in [1.29, 1.82) is 0 Å². The number of hydrogen-bond donors (Lipinski definition) is 2. The quantitative estimate of drug-likeness (QED) is 0.325. The van der Waals surface area contributed by atoms with Crippen molar-refractivity contribution in [1.82, 2.24) is 4.98 Å². The van der Waals surface area contributed by atoms with Crippen molar-refractivity contribution in [3.63, 3.8) is 0 Å². The van der Waals surface area contributed by atoms with E-state index in [0.717, 1.165) is 34.8 Å². The van der Waals surface area contributed by atoms with E-state index in [0.29, 0.717) is 10.8 Å². The number of carbonyl (C=O) groups excluding carboxylic acids is 1. The minimum Gasteiger partial charge on any atom is -0.497 e. The Morgan fingerprint density at radius 1 is 0.970 bits per heavy atom. The fourth-order valence-corrected chi connectivity index (χ4v) is 3.79. The Morgan fingerprint density at radius 3 is 2.45 bits per heavy atom. The van der Waals surface area contributed by atoms with Crippen LogP contribution in [0.1, 0.15) is 15.9 Å². The van der Waals surface area contributed by atoms with E-state index in [1.165, 1.54) is 23.5 Å². The third-order valence-electron chi connectivity index (χ3n) is 4.72. The number of benzene rings is 3. The number of anilines is 3. The Kier molecular flexibility index (Phi) is 6.32. The first-order chi connectivity index (χ1) is 15.8. The molecule has 0 saturated heterocycles. The Bertz CT molecular complexity index is 1270. The van der Waals surface area contributed by atoms with Crippen LogP contribution in [0, 0.1) is 0 Å². The molecule has 0 aliphatic rings. The molecule has 3 aromatic carbocycles. The number of nitrogens with one attached hydrogen (secondary N) is 2. The normalized spacial score (nSPS) is 11.2. The van der Waals surface area contributed by atoms with Gasteiger partial charge in [0.1, 0.15) is 5.75 Å². The van der Waals surface area contributed by atoms with Crippen molar-refractivity contribution >= 4 is 33.8 Å². The smallest absolute Gasteiger partial charge is 0.416 e. The number of ether oxygens (including phenoxy) is 1. The average Bonchev–Trinajstić information content (AvgIpc) is 3.27. The van der Waals surface area contributed by atoms with Gasteiger partial charge in [0.25, 0.3) is 5.91 Å². The van der Waals surface area contributed by atoms with Crippen LogP contribution in [0.2, 0.25) is 0 Å². The molecule has 0 bridgehead atoms. The molecule has 0 atom stereocenters. The predicted molar refractivity (Wildman–Crippen MR) is 123 cm³/mol. The summed E-state index contributed by atoms with van der Waals surface area (Å²) < 4.78 is 43.8. The molecule has 9 heteroatoms. The molecule has 5 nitrogen and oxygen atoms in total. The van der Waals surface area contributed by atoms with Gasteiger partial charge in [-0.2, -0.15) is 13.2 Å². The Balaban J connectivity index is 1.43. The highest BCUT2D eigenvalue weighted by Gasteiger charge is 2.30. The molecule has 1 heterocycles. The molecule has 0 fully saturated rings. The topological polar surface area (TPSA) is 63.2 Å². The van der Waals surface area contributed by atoms with E-state index in [2.05, 4.69) is 15.6 Å². The number of nitrogens with zero attached hydrogens (tertiary/aromatic N) is 1. The van der Waals surface area contributed by atoms with E-state index in [4.69, 9.17) is 4.74 Å². The maximum absolute atomic E-state index is 12.9. The summed E-state index contributed by atoms with van der Waals surface area (Å²) in [5.74, 6) is 0.117. The zero-order valence-electron chi connectivity index (χ0n) is 17.3. The van der Waals surface area contributed by atoms with Gasteiger partial charge in [-0.25, -0.2) is 4.98 Å². The fourth-order valence-electron chi connectivity index (χ4n) is 3.05. The van der Waals surface area contributed by atoms with Gasteiger partial charge in [-0.1, -0.05) is 24.3 Å². The lowest BCUT2D eigenvalue weighted by Crippen LogP contribution is -2.13. The molecule has 0 aliphatic heterocycles. The largest absolute Gasteiger partial charge is 0.497 e. The van der Waals surface area contributed by atoms with Crippen LogP contribution in [0.3, 0.4) is 0 Å². The number of alkyl halides is 3. The molecule has 168 valence electrons. The summed E-state index contributed by atoms with van der Waals surface area (Å²) in [6, 6.07) is 18.7. The SMILES string of the molecule is COc1cccc(Nc2nc(-c3ccc(NC(=O)c4cccc(C(F)(F)F)c4)cc3)cs2)c1. The Labute approximate surface area is 191 Å². The van der Waals surface area contributed by atoms with E-state index >= 15 is 0 Å². The van der Waals surface area contributed by atoms with Gasteiger partial charge in [-0.3, -0.25) is 4.79 Å². The maximum atomic E-state index is 12.9. The first-order valence-corrected chi connectivity index (χ1v) is 10.7. The minimum absolute atomic E-state index is 0.0679. The highest BCUT2D eigenvalue weighted by atomic mass is 32.1. The molecular weight excluding hydrogens is 451 g/mol. The van der Waals surface area contributed by atoms with Crippen molar-refractivity contribution in [2.24, 2.45) is 0 Å². The summed E-state index contributed by atoms with van der Waals surface area (Å²) in [4.78, 5) is 16.9. The lowest BCUT2D eigenvalue weighted by molar-refractivity contribution is -0.137. The second kappa shape index (κ2) is 9.33. The minimum atomic E-state index is -4.51. The second-order valence-electron chi connectivity index (χ2n) is 7.00. The van der Waals surface area contributed by atoms with Crippen molar-refractivity contribution in [3.05, 3.63) is 89.3 Å². The van der Waals surface area contributed by atoms with Crippen LogP contribution in [0.4, 0.5) is 29.7 Å². The number of thiazole rings is 1. The van der Waals surface area contributed by atoms with Gasteiger partial charge in [-0.15, -0.1) is 11.3 Å². The molecule has 0 spiro atoms. The van der Waals surface area contributed by atoms with Crippen LogP contribution in [-0.4, -0.2) is 18.0 Å². The zero-order chi connectivity index (χ0) is 23.4. The molecule has 0 radical (unpaired) electrons. The highest BCUT2D eigenvalue weighted by Crippen LogP contribution is 2.31. The summed E-state index contributed by atoms with van der Waals surface area (Å²) in [5, 5.41) is 8.46. The molecule has 33 heavy (non-hydrogen) atoms. The van der Waals surface area contributed by atoms with Gasteiger partial charge in [0, 0.05) is 33.9 Å². The maximum Gasteiger partial charge on any atom is 0.416 e. The van der Waals surface area contributed by atoms with Crippen molar-refractivity contribution in [3.8, 4) is 17.0 Å². The van der Waals surface area contributed by atoms with E-state index in [1.807, 2.05) is 29.6 Å². The van der Waals surface area contributed by atoms with Crippen LogP contribution in [0.5, 0.6) is 5.75 Å². The van der Waals surface area contributed by atoms with Crippen molar-refractivity contribution in [2.45, 2.75) is 6.18 Å². The molecular formula is C24H18F3N3O2S. The molecule has 0 aliphatic carbocycles. The molecule has 2 N–H and O–H groups in total. The van der Waals surface area contributed by atoms with Gasteiger partial charge < -0.3 is 15.4 Å². The van der Waals surface area contributed by atoms with Crippen LogP contribution in [0.15, 0.2) is 78.2 Å². The fraction of sp³-hybridized carbons (Fsp3) is 0.0833. The van der Waals surface area contributed by atoms with Crippen molar-refractivity contribution in [2.75, 3.05) is 17.7 Å². The predicted octanol–water partition coefficient (Wildman–Crippen LogP) is 6.83. The number of halogens is 3. The highest BCUT2D eigenvalue weighted by molar-refractivity contribution is 7.14. The van der Waals surface area contributed by atoms with Gasteiger partial charge >= 0.3 is 6.18 Å². The molecule has 4 aromatic rings. The van der Waals surface area contributed by atoms with Gasteiger partial charge in [0.15, 0.2) is 5.13 Å². The van der Waals surface area contributed by atoms with Crippen LogP contribution < -0.4 is 15.4 Å². The molecule has 0 unspecified atom stereocenters. The van der Waals surface area contributed by atoms with Crippen LogP contribution >= 0.6 is 11.3 Å². The summed E-state index contributed by atoms with van der Waals surface area (Å²) in [6.45, 7) is 0. The van der Waals surface area contributed by atoms with Crippen LogP contribution in [0.25, 0.3) is 11.3 Å². The number of amides is 1. The summed E-state index contributed by atoms with van der Waals surface area (Å²) in [7, 11) is 1.60. The summed E-state index contributed by atoms with van der Waals surface area (Å²) in [6.07, 6.45) is -4.51. The number of hydrogen-bond acceptors (Lipinski definition) is 5. The Hall–Kier alpha value is -3.85. The third kappa shape index (κ3) is 5.50. The number of aromatic nitrogens is 1. The first-order valence-electron chi connectivity index (χ1n) is 9.77. The molecule has 0 saturated carbocycles. The molecule has 1 aromatic heterocycles. The third-order valence-corrected chi connectivity index (χ3v) is 5.47. The van der Waals surface area contributed by atoms with E-state index in [-0.39, 0.29) is 5.56 Å². The number of methoxy groups -OCH3 is 1. The zero-order valence-corrected chi connectivity index (χ0v) is 18.1. The monoisotopic (exact) mass is 469 g/mol. The molecule has 4 rings (SSSR count). The number of carbonyl (C=O) groups is 1. The van der Waals surface area contributed by atoms with Crippen molar-refractivity contribution < 1.29 is 22.7 Å². The first kappa shape index (κ1) is 22.3. The standard InChI is InChI=1S/C24H18F3N3O2S/c1-32-20-7-3-6-19(13-20)29-23-30-21(14-33-23)15-8-10-18(11-9-15)28-22(31)16-4-2-5-17(12-16)24(25,26)27/h2-14H,1H3,(H,28,31)(H,29,30). The second-order valence-corrected chi connectivity index (χ2v) is 7.86. The van der Waals surface area contributed by atoms with Gasteiger partial charge in [0.05, 0.1) is 18.4 Å². The lowest BCUT2D eigenvalue weighted by atomic mass is 10.1. The van der Waals surface area contributed by atoms with E-state index in [1.54, 1.807) is 31.4 Å². The molecule has 1 amide bonds. The van der Waals surface area contributed by atoms with Gasteiger partial charge in [-0.05, 0) is 42.5 Å². The lowest BCUT2D eigenvalue weighted by Gasteiger charge is -2.09. The summed E-state index contributed by atoms with van der Waals surface area (Å²) in [5.41, 5.74) is 1.96. The van der Waals surface area contributed by atoms with Gasteiger partial charge in [0.2, 0.25) is 0 Å². The van der Waals surface area contributed by atoms with Crippen LogP contribution in [-0.2, 0) is 6.18 Å².